The molecule has 0 spiro atoms. The van der Waals surface area contributed by atoms with Gasteiger partial charge in [0.25, 0.3) is 0 Å². The highest BCUT2D eigenvalue weighted by atomic mass is 35.5. The van der Waals surface area contributed by atoms with Crippen molar-refractivity contribution < 1.29 is 4.21 Å². The Hall–Kier alpha value is -1.13. The van der Waals surface area contributed by atoms with Crippen LogP contribution in [0.5, 0.6) is 0 Å². The normalized spacial score (nSPS) is 11.7. The molecule has 2 rings (SSSR count). The van der Waals surface area contributed by atoms with E-state index >= 15 is 0 Å². The smallest absolute Gasteiger partial charge is 0.116 e. The van der Waals surface area contributed by atoms with Gasteiger partial charge in [-0.2, -0.15) is 0 Å². The lowest BCUT2D eigenvalue weighted by molar-refractivity contribution is 0.688. The molecule has 16 heavy (non-hydrogen) atoms. The van der Waals surface area contributed by atoms with Crippen LogP contribution in [-0.2, 0) is 9.52 Å². The van der Waals surface area contributed by atoms with E-state index in [4.69, 9.17) is 11.6 Å². The van der Waals surface area contributed by atoms with Gasteiger partial charge in [0.05, 0.1) is 11.2 Å². The summed E-state index contributed by atoms with van der Waals surface area (Å²) >= 11 is 5.92. The minimum Gasteiger partial charge on any atom is -0.268 e. The molecule has 2 aromatic rings. The standard InChI is InChI=1S/C11H11ClN2OS/c1-16(2,15)6-11-9-5-8(12)3-4-10(9)13-7-14-11/h3-7H,1-2H3. The molecule has 0 atom stereocenters. The maximum absolute atomic E-state index is 11.7. The van der Waals surface area contributed by atoms with E-state index in [1.165, 1.54) is 6.33 Å². The van der Waals surface area contributed by atoms with Crippen LogP contribution in [-0.4, -0.2) is 32.1 Å². The lowest BCUT2D eigenvalue weighted by Crippen LogP contribution is -2.01. The Bertz CT molecular complexity index is 652. The molecule has 0 aliphatic heterocycles. The molecular formula is C11H11ClN2OS. The summed E-state index contributed by atoms with van der Waals surface area (Å²) in [6, 6.07) is 5.38. The molecule has 0 aliphatic carbocycles. The van der Waals surface area contributed by atoms with Crippen LogP contribution in [0.15, 0.2) is 24.5 Å². The fraction of sp³-hybridized carbons (Fsp3) is 0.182. The number of hydrogen-bond donors (Lipinski definition) is 0. The summed E-state index contributed by atoms with van der Waals surface area (Å²) in [6.45, 7) is 0. The Kier molecular flexibility index (Phi) is 2.86. The van der Waals surface area contributed by atoms with E-state index in [-0.39, 0.29) is 0 Å². The number of hydrogen-bond acceptors (Lipinski definition) is 3. The van der Waals surface area contributed by atoms with Gasteiger partial charge in [0.2, 0.25) is 0 Å². The second-order valence-corrected chi connectivity index (χ2v) is 7.14. The summed E-state index contributed by atoms with van der Waals surface area (Å²) in [4.78, 5) is 8.26. The van der Waals surface area contributed by atoms with Gasteiger partial charge in [0.15, 0.2) is 0 Å². The van der Waals surface area contributed by atoms with Gasteiger partial charge >= 0.3 is 0 Å². The second-order valence-electron chi connectivity index (χ2n) is 3.85. The molecule has 1 aromatic carbocycles. The number of fused-ring (bicyclic) bond motifs is 1. The van der Waals surface area contributed by atoms with Crippen molar-refractivity contribution in [2.75, 3.05) is 12.5 Å². The second kappa shape index (κ2) is 4.03. The largest absolute Gasteiger partial charge is 0.268 e. The van der Waals surface area contributed by atoms with Crippen LogP contribution < -0.4 is 0 Å². The summed E-state index contributed by atoms with van der Waals surface area (Å²) in [5.74, 6) is 0. The zero-order valence-corrected chi connectivity index (χ0v) is 10.5. The van der Waals surface area contributed by atoms with Gasteiger partial charge in [-0.15, -0.1) is 0 Å². The predicted octanol–water partition coefficient (Wildman–Crippen LogP) is 1.98. The van der Waals surface area contributed by atoms with E-state index < -0.39 is 9.52 Å². The molecule has 1 aromatic heterocycles. The Morgan fingerprint density at radius 2 is 2.06 bits per heavy atom. The quantitative estimate of drug-likeness (QED) is 0.731. The third-order valence-electron chi connectivity index (χ3n) is 2.02. The molecule has 84 valence electrons. The van der Waals surface area contributed by atoms with Crippen LogP contribution in [0.1, 0.15) is 5.69 Å². The highest BCUT2D eigenvalue weighted by molar-refractivity contribution is 8.00. The summed E-state index contributed by atoms with van der Waals surface area (Å²) in [5, 5.41) is 3.11. The molecule has 0 fully saturated rings. The average Bonchev–Trinajstić information content (AvgIpc) is 2.17. The van der Waals surface area contributed by atoms with Crippen molar-refractivity contribution in [3.8, 4) is 0 Å². The first-order valence-corrected chi connectivity index (χ1v) is 7.46. The summed E-state index contributed by atoms with van der Waals surface area (Å²) in [6.07, 6.45) is 4.81. The third kappa shape index (κ3) is 2.51. The van der Waals surface area contributed by atoms with Crippen LogP contribution >= 0.6 is 11.6 Å². The van der Waals surface area contributed by atoms with Crippen LogP contribution in [0.2, 0.25) is 5.02 Å². The first-order chi connectivity index (χ1) is 7.46. The van der Waals surface area contributed by atoms with E-state index in [1.54, 1.807) is 30.0 Å². The van der Waals surface area contributed by atoms with Crippen LogP contribution in [0.3, 0.4) is 0 Å². The number of halogens is 1. The summed E-state index contributed by atoms with van der Waals surface area (Å²) in [5.41, 5.74) is 1.47. The summed E-state index contributed by atoms with van der Waals surface area (Å²) in [7, 11) is -1.99. The van der Waals surface area contributed by atoms with Gasteiger partial charge in [-0.3, -0.25) is 4.21 Å². The highest BCUT2D eigenvalue weighted by Gasteiger charge is 2.03. The molecule has 3 nitrogen and oxygen atoms in total. The zero-order valence-electron chi connectivity index (χ0n) is 8.98. The van der Waals surface area contributed by atoms with Gasteiger partial charge in [-0.25, -0.2) is 9.97 Å². The van der Waals surface area contributed by atoms with E-state index in [2.05, 4.69) is 9.97 Å². The maximum atomic E-state index is 11.7. The topological polar surface area (TPSA) is 42.9 Å². The summed E-state index contributed by atoms with van der Waals surface area (Å²) < 4.78 is 11.7. The molecule has 0 amide bonds. The van der Waals surface area contributed by atoms with Crippen molar-refractivity contribution in [1.29, 1.82) is 0 Å². The molecule has 0 saturated carbocycles. The van der Waals surface area contributed by atoms with Crippen molar-refractivity contribution in [2.45, 2.75) is 0 Å². The van der Waals surface area contributed by atoms with Crippen molar-refractivity contribution in [1.82, 2.24) is 9.97 Å². The lowest BCUT2D eigenvalue weighted by atomic mass is 10.2. The first kappa shape index (κ1) is 11.4. The molecule has 0 radical (unpaired) electrons. The third-order valence-corrected chi connectivity index (χ3v) is 3.05. The number of aromatic nitrogens is 2. The molecule has 0 unspecified atom stereocenters. The fourth-order valence-corrected chi connectivity index (χ4v) is 2.31. The van der Waals surface area contributed by atoms with Gasteiger partial charge in [0.1, 0.15) is 6.33 Å². The van der Waals surface area contributed by atoms with E-state index in [1.807, 2.05) is 6.07 Å². The maximum Gasteiger partial charge on any atom is 0.116 e. The Labute approximate surface area is 99.5 Å². The molecule has 1 heterocycles. The Balaban J connectivity index is 2.80. The number of benzene rings is 1. The van der Waals surface area contributed by atoms with Gasteiger partial charge in [-0.1, -0.05) is 11.6 Å². The molecular weight excluding hydrogens is 244 g/mol. The molecule has 0 N–H and O–H groups in total. The molecule has 0 aliphatic rings. The predicted molar refractivity (Wildman–Crippen MR) is 69.7 cm³/mol. The fourth-order valence-electron chi connectivity index (χ4n) is 1.41. The minimum absolute atomic E-state index is 0.621. The van der Waals surface area contributed by atoms with Gasteiger partial charge < -0.3 is 0 Å². The van der Waals surface area contributed by atoms with E-state index in [0.29, 0.717) is 10.7 Å². The Morgan fingerprint density at radius 1 is 1.31 bits per heavy atom. The lowest BCUT2D eigenvalue weighted by Gasteiger charge is -2.02. The SMILES string of the molecule is CS(C)(=O)=Cc1ncnc2ccc(Cl)cc12. The van der Waals surface area contributed by atoms with E-state index in [9.17, 15) is 4.21 Å². The van der Waals surface area contributed by atoms with E-state index in [0.717, 1.165) is 10.9 Å². The number of rotatable bonds is 1. The average molecular weight is 255 g/mol. The Morgan fingerprint density at radius 3 is 2.75 bits per heavy atom. The van der Waals surface area contributed by atoms with Crippen molar-refractivity contribution in [2.24, 2.45) is 0 Å². The van der Waals surface area contributed by atoms with Crippen LogP contribution in [0.4, 0.5) is 0 Å². The minimum atomic E-state index is -1.99. The molecule has 5 heteroatoms. The first-order valence-electron chi connectivity index (χ1n) is 4.65. The van der Waals surface area contributed by atoms with Crippen LogP contribution in [0.25, 0.3) is 10.9 Å². The van der Waals surface area contributed by atoms with Gasteiger partial charge in [-0.05, 0) is 27.7 Å². The van der Waals surface area contributed by atoms with Gasteiger partial charge in [0, 0.05) is 28.3 Å². The van der Waals surface area contributed by atoms with Crippen LogP contribution in [0, 0.1) is 0 Å². The highest BCUT2D eigenvalue weighted by Crippen LogP contribution is 2.18. The van der Waals surface area contributed by atoms with Crippen molar-refractivity contribution in [3.05, 3.63) is 35.2 Å². The van der Waals surface area contributed by atoms with Crippen molar-refractivity contribution >= 4 is 37.4 Å². The molecule has 0 bridgehead atoms. The van der Waals surface area contributed by atoms with Crippen molar-refractivity contribution in [3.63, 3.8) is 0 Å². The zero-order chi connectivity index (χ0) is 11.8. The monoisotopic (exact) mass is 254 g/mol. The molecule has 0 saturated heterocycles. The number of nitrogens with zero attached hydrogens (tertiary/aromatic N) is 2.